The molecule has 1 N–H and O–H groups in total. The Morgan fingerprint density at radius 1 is 1.11 bits per heavy atom. The minimum absolute atomic E-state index is 0.0154. The van der Waals surface area contributed by atoms with Gasteiger partial charge in [0.1, 0.15) is 5.75 Å². The molecular weight excluding hydrogens is 350 g/mol. The molecule has 5 heteroatoms. The number of hydrogen-bond acceptors (Lipinski definition) is 4. The molecule has 1 amide bonds. The van der Waals surface area contributed by atoms with Gasteiger partial charge in [-0.2, -0.15) is 0 Å². The van der Waals surface area contributed by atoms with Gasteiger partial charge >= 0.3 is 0 Å². The Morgan fingerprint density at radius 3 is 2.50 bits per heavy atom. The summed E-state index contributed by atoms with van der Waals surface area (Å²) >= 11 is 0. The highest BCUT2D eigenvalue weighted by molar-refractivity contribution is 5.96. The van der Waals surface area contributed by atoms with Crippen LogP contribution in [0, 0.1) is 6.92 Å². The number of piperazine rings is 1. The number of amides is 1. The van der Waals surface area contributed by atoms with Crippen molar-refractivity contribution in [3.8, 4) is 5.75 Å². The number of carbonyl (C=O) groups excluding carboxylic acids is 1. The molecule has 1 atom stereocenters. The molecule has 0 spiro atoms. The van der Waals surface area contributed by atoms with E-state index in [0.29, 0.717) is 5.75 Å². The maximum atomic E-state index is 12.8. The number of rotatable bonds is 7. The normalized spacial score (nSPS) is 16.5. The smallest absolute Gasteiger partial charge is 0.241 e. The van der Waals surface area contributed by atoms with Gasteiger partial charge in [0.25, 0.3) is 0 Å². The number of carbonyl (C=O) groups is 1. The molecule has 1 aliphatic heterocycles. The van der Waals surface area contributed by atoms with Crippen LogP contribution in [0.5, 0.6) is 5.75 Å². The highest BCUT2D eigenvalue weighted by atomic mass is 16.5. The zero-order valence-electron chi connectivity index (χ0n) is 17.1. The van der Waals surface area contributed by atoms with E-state index in [-0.39, 0.29) is 11.9 Å². The maximum absolute atomic E-state index is 12.8. The van der Waals surface area contributed by atoms with Crippen LogP contribution in [-0.4, -0.2) is 61.6 Å². The van der Waals surface area contributed by atoms with Crippen molar-refractivity contribution >= 4 is 11.6 Å². The van der Waals surface area contributed by atoms with E-state index in [1.807, 2.05) is 32.0 Å². The van der Waals surface area contributed by atoms with Crippen LogP contribution in [0.25, 0.3) is 0 Å². The summed E-state index contributed by atoms with van der Waals surface area (Å²) in [5, 5.41) is 3.04. The number of benzene rings is 2. The van der Waals surface area contributed by atoms with Crippen LogP contribution in [0.4, 0.5) is 5.69 Å². The fourth-order valence-corrected chi connectivity index (χ4v) is 3.63. The van der Waals surface area contributed by atoms with Crippen molar-refractivity contribution < 1.29 is 9.53 Å². The molecule has 0 saturated carbocycles. The summed E-state index contributed by atoms with van der Waals surface area (Å²) in [6.07, 6.45) is 1.07. The summed E-state index contributed by atoms with van der Waals surface area (Å²) < 4.78 is 5.37. The van der Waals surface area contributed by atoms with Crippen LogP contribution >= 0.6 is 0 Å². The van der Waals surface area contributed by atoms with Crippen LogP contribution in [0.15, 0.2) is 48.5 Å². The molecule has 0 aromatic heterocycles. The third-order valence-corrected chi connectivity index (χ3v) is 5.51. The van der Waals surface area contributed by atoms with E-state index in [2.05, 4.69) is 45.4 Å². The zero-order valence-corrected chi connectivity index (χ0v) is 17.1. The number of nitrogens with one attached hydrogen (secondary N) is 1. The van der Waals surface area contributed by atoms with Crippen LogP contribution in [-0.2, 0) is 11.2 Å². The van der Waals surface area contributed by atoms with E-state index in [4.69, 9.17) is 4.74 Å². The molecule has 1 heterocycles. The van der Waals surface area contributed by atoms with Gasteiger partial charge in [-0.3, -0.25) is 9.69 Å². The van der Waals surface area contributed by atoms with Gasteiger partial charge in [-0.15, -0.1) is 0 Å². The Labute approximate surface area is 168 Å². The van der Waals surface area contributed by atoms with Crippen LogP contribution in [0.1, 0.15) is 18.1 Å². The highest BCUT2D eigenvalue weighted by Crippen LogP contribution is 2.25. The SMILES string of the molecule is COc1ccc(C)cc1NC(=O)[C@@H](C)N1CCN(CCc2ccccc2)CC1. The van der Waals surface area contributed by atoms with Gasteiger partial charge < -0.3 is 15.0 Å². The van der Waals surface area contributed by atoms with Crippen molar-refractivity contribution in [3.05, 3.63) is 59.7 Å². The molecule has 150 valence electrons. The fraction of sp³-hybridized carbons (Fsp3) is 0.435. The van der Waals surface area contributed by atoms with E-state index in [0.717, 1.165) is 50.4 Å². The largest absolute Gasteiger partial charge is 0.495 e. The van der Waals surface area contributed by atoms with E-state index in [9.17, 15) is 4.79 Å². The maximum Gasteiger partial charge on any atom is 0.241 e. The summed E-state index contributed by atoms with van der Waals surface area (Å²) in [5.41, 5.74) is 3.21. The van der Waals surface area contributed by atoms with Gasteiger partial charge in [0.15, 0.2) is 0 Å². The lowest BCUT2D eigenvalue weighted by atomic mass is 10.1. The molecule has 3 rings (SSSR count). The molecule has 1 fully saturated rings. The van der Waals surface area contributed by atoms with Crippen molar-refractivity contribution in [2.45, 2.75) is 26.3 Å². The summed E-state index contributed by atoms with van der Waals surface area (Å²) in [6.45, 7) is 8.88. The van der Waals surface area contributed by atoms with Crippen molar-refractivity contribution in [2.24, 2.45) is 0 Å². The molecule has 5 nitrogen and oxygen atoms in total. The lowest BCUT2D eigenvalue weighted by Gasteiger charge is -2.37. The molecule has 1 aliphatic rings. The summed E-state index contributed by atoms with van der Waals surface area (Å²) in [6, 6.07) is 16.3. The number of hydrogen-bond donors (Lipinski definition) is 1. The Hall–Kier alpha value is -2.37. The van der Waals surface area contributed by atoms with Gasteiger partial charge in [0.05, 0.1) is 18.8 Å². The van der Waals surface area contributed by atoms with Crippen molar-refractivity contribution in [3.63, 3.8) is 0 Å². The Kier molecular flexibility index (Phi) is 7.06. The number of anilines is 1. The number of methoxy groups -OCH3 is 1. The van der Waals surface area contributed by atoms with Crippen LogP contribution in [0.2, 0.25) is 0 Å². The topological polar surface area (TPSA) is 44.8 Å². The first-order valence-electron chi connectivity index (χ1n) is 10.0. The second kappa shape index (κ2) is 9.71. The molecule has 0 radical (unpaired) electrons. The van der Waals surface area contributed by atoms with Crippen molar-refractivity contribution in [1.82, 2.24) is 9.80 Å². The summed E-state index contributed by atoms with van der Waals surface area (Å²) in [5.74, 6) is 0.707. The predicted molar refractivity (Wildman–Crippen MR) is 114 cm³/mol. The molecule has 0 unspecified atom stereocenters. The third kappa shape index (κ3) is 5.33. The quantitative estimate of drug-likeness (QED) is 0.800. The standard InChI is InChI=1S/C23H31N3O2/c1-18-9-10-22(28-3)21(17-18)24-23(27)19(2)26-15-13-25(14-16-26)12-11-20-7-5-4-6-8-20/h4-10,17,19H,11-16H2,1-3H3,(H,24,27)/t19-/m1/s1. The minimum atomic E-state index is -0.165. The van der Waals surface area contributed by atoms with Gasteiger partial charge in [-0.25, -0.2) is 0 Å². The van der Waals surface area contributed by atoms with Gasteiger partial charge in [-0.05, 0) is 43.5 Å². The number of nitrogens with zero attached hydrogens (tertiary/aromatic N) is 2. The van der Waals surface area contributed by atoms with Gasteiger partial charge in [-0.1, -0.05) is 36.4 Å². The molecule has 1 saturated heterocycles. The van der Waals surface area contributed by atoms with E-state index in [1.54, 1.807) is 7.11 Å². The second-order valence-electron chi connectivity index (χ2n) is 7.48. The van der Waals surface area contributed by atoms with Crippen LogP contribution in [0.3, 0.4) is 0 Å². The predicted octanol–water partition coefficient (Wildman–Crippen LogP) is 3.19. The third-order valence-electron chi connectivity index (χ3n) is 5.51. The van der Waals surface area contributed by atoms with E-state index >= 15 is 0 Å². The van der Waals surface area contributed by atoms with E-state index < -0.39 is 0 Å². The van der Waals surface area contributed by atoms with Gasteiger partial charge in [0, 0.05) is 32.7 Å². The fourth-order valence-electron chi connectivity index (χ4n) is 3.63. The van der Waals surface area contributed by atoms with Gasteiger partial charge in [0.2, 0.25) is 5.91 Å². The first-order valence-corrected chi connectivity index (χ1v) is 10.0. The first-order chi connectivity index (χ1) is 13.6. The molecule has 28 heavy (non-hydrogen) atoms. The van der Waals surface area contributed by atoms with Crippen LogP contribution < -0.4 is 10.1 Å². The molecular formula is C23H31N3O2. The van der Waals surface area contributed by atoms with Crippen molar-refractivity contribution in [1.29, 1.82) is 0 Å². The average molecular weight is 382 g/mol. The highest BCUT2D eigenvalue weighted by Gasteiger charge is 2.26. The summed E-state index contributed by atoms with van der Waals surface area (Å²) in [4.78, 5) is 17.5. The lowest BCUT2D eigenvalue weighted by molar-refractivity contribution is -0.121. The lowest BCUT2D eigenvalue weighted by Crippen LogP contribution is -2.53. The molecule has 0 bridgehead atoms. The summed E-state index contributed by atoms with van der Waals surface area (Å²) in [7, 11) is 1.62. The number of aryl methyl sites for hydroxylation is 1. The number of ether oxygens (including phenoxy) is 1. The minimum Gasteiger partial charge on any atom is -0.495 e. The van der Waals surface area contributed by atoms with E-state index in [1.165, 1.54) is 5.56 Å². The zero-order chi connectivity index (χ0) is 19.9. The Morgan fingerprint density at radius 2 is 1.82 bits per heavy atom. The second-order valence-corrected chi connectivity index (χ2v) is 7.48. The molecule has 0 aliphatic carbocycles. The molecule has 2 aromatic rings. The molecule has 2 aromatic carbocycles. The Bertz CT molecular complexity index is 771. The van der Waals surface area contributed by atoms with Crippen molar-refractivity contribution in [2.75, 3.05) is 45.2 Å². The monoisotopic (exact) mass is 381 g/mol. The Balaban J connectivity index is 1.48. The first kappa shape index (κ1) is 20.4. The average Bonchev–Trinajstić information content (AvgIpc) is 2.73.